The van der Waals surface area contributed by atoms with Crippen LogP contribution in [0.3, 0.4) is 0 Å². The van der Waals surface area contributed by atoms with Crippen molar-refractivity contribution in [2.75, 3.05) is 13.1 Å². The first-order chi connectivity index (χ1) is 16.7. The van der Waals surface area contributed by atoms with Crippen molar-refractivity contribution in [2.24, 2.45) is 0 Å². The van der Waals surface area contributed by atoms with Gasteiger partial charge < -0.3 is 24.5 Å². The third kappa shape index (κ3) is 6.44. The molecular formula is C22H19F3N4O5S. The number of carboxylic acids is 1. The lowest BCUT2D eigenvalue weighted by molar-refractivity contribution is -0.137. The number of pyridine rings is 1. The second-order valence-corrected chi connectivity index (χ2v) is 8.82. The second kappa shape index (κ2) is 10.3. The van der Waals surface area contributed by atoms with Crippen LogP contribution in [0.2, 0.25) is 0 Å². The Morgan fingerprint density at radius 2 is 1.71 bits per heavy atom. The maximum absolute atomic E-state index is 12.6. The van der Waals surface area contributed by atoms with Gasteiger partial charge in [-0.15, -0.1) is 0 Å². The van der Waals surface area contributed by atoms with E-state index in [2.05, 4.69) is 15.0 Å². The number of aromatic amines is 1. The maximum atomic E-state index is 12.6. The molecule has 0 aliphatic carbocycles. The third-order valence-electron chi connectivity index (χ3n) is 5.08. The van der Waals surface area contributed by atoms with Gasteiger partial charge in [0, 0.05) is 30.6 Å². The zero-order valence-corrected chi connectivity index (χ0v) is 18.8. The number of aromatic carboxylic acids is 1. The molecule has 0 spiro atoms. The number of piperidine rings is 1. The molecule has 2 aromatic heterocycles. The number of ether oxygens (including phenoxy) is 2. The number of amides is 1. The summed E-state index contributed by atoms with van der Waals surface area (Å²) in [5, 5.41) is 9.66. The SMILES string of the molecule is O=C(O)c1cnc(SC2CCN(C(=O)Oc3ccc(Oc4ccc(C(F)(F)F)cn4)cc3)CC2)[nH]1. The number of carbonyl (C=O) groups excluding carboxylic acids is 1. The third-order valence-corrected chi connectivity index (χ3v) is 6.31. The highest BCUT2D eigenvalue weighted by Gasteiger charge is 2.30. The monoisotopic (exact) mass is 508 g/mol. The molecule has 4 rings (SSSR count). The van der Waals surface area contributed by atoms with E-state index in [0.29, 0.717) is 43.0 Å². The smallest absolute Gasteiger partial charge is 0.417 e. The number of rotatable bonds is 6. The molecule has 35 heavy (non-hydrogen) atoms. The number of hydrogen-bond donors (Lipinski definition) is 2. The van der Waals surface area contributed by atoms with E-state index in [1.165, 1.54) is 42.2 Å². The topological polar surface area (TPSA) is 118 Å². The van der Waals surface area contributed by atoms with Crippen LogP contribution in [0.25, 0.3) is 0 Å². The number of likely N-dealkylation sites (tertiary alicyclic amines) is 1. The minimum atomic E-state index is -4.48. The molecule has 1 aromatic carbocycles. The summed E-state index contributed by atoms with van der Waals surface area (Å²) < 4.78 is 48.7. The van der Waals surface area contributed by atoms with Crippen molar-refractivity contribution in [3.05, 3.63) is 60.0 Å². The lowest BCUT2D eigenvalue weighted by atomic mass is 10.1. The fourth-order valence-corrected chi connectivity index (χ4v) is 4.30. The van der Waals surface area contributed by atoms with E-state index in [0.717, 1.165) is 12.1 Å². The molecule has 184 valence electrons. The number of alkyl halides is 3. The van der Waals surface area contributed by atoms with Crippen molar-refractivity contribution in [1.29, 1.82) is 0 Å². The van der Waals surface area contributed by atoms with Gasteiger partial charge in [0.2, 0.25) is 5.88 Å². The van der Waals surface area contributed by atoms with Gasteiger partial charge in [-0.25, -0.2) is 19.6 Å². The molecule has 2 N–H and O–H groups in total. The molecule has 1 aliphatic rings. The summed E-state index contributed by atoms with van der Waals surface area (Å²) in [6.07, 6.45) is -1.64. The quantitative estimate of drug-likeness (QED) is 0.474. The predicted octanol–water partition coefficient (Wildman–Crippen LogP) is 5.07. The molecule has 3 aromatic rings. The van der Waals surface area contributed by atoms with Crippen molar-refractivity contribution in [1.82, 2.24) is 19.9 Å². The van der Waals surface area contributed by atoms with Crippen molar-refractivity contribution in [3.63, 3.8) is 0 Å². The minimum absolute atomic E-state index is 0.00258. The Labute approximate surface area is 201 Å². The first kappa shape index (κ1) is 24.4. The molecule has 0 atom stereocenters. The Balaban J connectivity index is 1.24. The van der Waals surface area contributed by atoms with Crippen LogP contribution in [-0.2, 0) is 6.18 Å². The molecule has 0 radical (unpaired) electrons. The Kier molecular flexibility index (Phi) is 7.15. The Morgan fingerprint density at radius 3 is 2.29 bits per heavy atom. The molecule has 0 unspecified atom stereocenters. The van der Waals surface area contributed by atoms with Gasteiger partial charge in [0.05, 0.1) is 11.8 Å². The number of aromatic nitrogens is 3. The van der Waals surface area contributed by atoms with E-state index in [1.54, 1.807) is 4.90 Å². The molecule has 1 aliphatic heterocycles. The lowest BCUT2D eigenvalue weighted by Gasteiger charge is -2.30. The van der Waals surface area contributed by atoms with Crippen molar-refractivity contribution in [2.45, 2.75) is 29.4 Å². The van der Waals surface area contributed by atoms with Gasteiger partial charge in [-0.3, -0.25) is 0 Å². The molecule has 9 nitrogen and oxygen atoms in total. The fourth-order valence-electron chi connectivity index (χ4n) is 3.26. The average Bonchev–Trinajstić information content (AvgIpc) is 3.29. The van der Waals surface area contributed by atoms with Gasteiger partial charge in [0.25, 0.3) is 0 Å². The van der Waals surface area contributed by atoms with Gasteiger partial charge in [0.1, 0.15) is 17.2 Å². The van der Waals surface area contributed by atoms with Gasteiger partial charge >= 0.3 is 18.2 Å². The summed E-state index contributed by atoms with van der Waals surface area (Å²) in [5.74, 6) is -0.468. The molecular weight excluding hydrogens is 489 g/mol. The summed E-state index contributed by atoms with van der Waals surface area (Å²) >= 11 is 1.44. The summed E-state index contributed by atoms with van der Waals surface area (Å²) in [6, 6.07) is 8.05. The molecule has 3 heterocycles. The van der Waals surface area contributed by atoms with E-state index in [9.17, 15) is 22.8 Å². The van der Waals surface area contributed by atoms with Crippen molar-refractivity contribution >= 4 is 23.8 Å². The largest absolute Gasteiger partial charge is 0.477 e. The molecule has 0 saturated carbocycles. The molecule has 13 heteroatoms. The summed E-state index contributed by atoms with van der Waals surface area (Å²) in [5.41, 5.74) is -0.844. The van der Waals surface area contributed by atoms with E-state index in [-0.39, 0.29) is 22.6 Å². The zero-order chi connectivity index (χ0) is 25.0. The number of benzene rings is 1. The van der Waals surface area contributed by atoms with Crippen LogP contribution in [0.4, 0.5) is 18.0 Å². The Hall–Kier alpha value is -3.74. The highest BCUT2D eigenvalue weighted by atomic mass is 32.2. The first-order valence-corrected chi connectivity index (χ1v) is 11.3. The van der Waals surface area contributed by atoms with Crippen molar-refractivity contribution < 1.29 is 37.3 Å². The number of halogens is 3. The van der Waals surface area contributed by atoms with Gasteiger partial charge in [-0.05, 0) is 43.2 Å². The van der Waals surface area contributed by atoms with Crippen LogP contribution < -0.4 is 9.47 Å². The Morgan fingerprint density at radius 1 is 1.03 bits per heavy atom. The van der Waals surface area contributed by atoms with Gasteiger partial charge in [-0.2, -0.15) is 13.2 Å². The van der Waals surface area contributed by atoms with E-state index < -0.39 is 23.8 Å². The summed E-state index contributed by atoms with van der Waals surface area (Å²) in [6.45, 7) is 0.952. The normalized spacial score (nSPS) is 14.5. The van der Waals surface area contributed by atoms with Crippen molar-refractivity contribution in [3.8, 4) is 17.4 Å². The van der Waals surface area contributed by atoms with Crippen LogP contribution in [0.5, 0.6) is 17.4 Å². The minimum Gasteiger partial charge on any atom is -0.477 e. The number of nitrogens with zero attached hydrogens (tertiary/aromatic N) is 3. The number of carboxylic acid groups (broad SMARTS) is 1. The number of thioether (sulfide) groups is 1. The predicted molar refractivity (Wildman–Crippen MR) is 118 cm³/mol. The zero-order valence-electron chi connectivity index (χ0n) is 18.0. The molecule has 1 amide bonds. The standard InChI is InChI=1S/C22H19F3N4O5S/c23-22(24,25)13-1-6-18(26-11-13)33-14-2-4-15(5-3-14)34-21(32)29-9-7-16(8-10-29)35-20-27-12-17(28-20)19(30)31/h1-6,11-12,16H,7-10H2,(H,27,28)(H,30,31). The molecule has 1 fully saturated rings. The maximum Gasteiger partial charge on any atom is 0.417 e. The van der Waals surface area contributed by atoms with Crippen LogP contribution in [-0.4, -0.2) is 55.4 Å². The second-order valence-electron chi connectivity index (χ2n) is 7.54. The fraction of sp³-hybridized carbons (Fsp3) is 0.273. The average molecular weight is 508 g/mol. The van der Waals surface area contributed by atoms with Crippen LogP contribution in [0, 0.1) is 0 Å². The number of carbonyl (C=O) groups is 2. The first-order valence-electron chi connectivity index (χ1n) is 10.4. The summed E-state index contributed by atoms with van der Waals surface area (Å²) in [4.78, 5) is 35.4. The Bertz CT molecular complexity index is 1180. The summed E-state index contributed by atoms with van der Waals surface area (Å²) in [7, 11) is 0. The lowest BCUT2D eigenvalue weighted by Crippen LogP contribution is -2.40. The van der Waals surface area contributed by atoms with Crippen LogP contribution in [0.1, 0.15) is 28.9 Å². The number of nitrogens with one attached hydrogen (secondary N) is 1. The van der Waals surface area contributed by atoms with Crippen LogP contribution in [0.15, 0.2) is 53.9 Å². The van der Waals surface area contributed by atoms with E-state index in [4.69, 9.17) is 14.6 Å². The number of imidazole rings is 1. The number of H-pyrrole nitrogens is 1. The van der Waals surface area contributed by atoms with Crippen LogP contribution >= 0.6 is 11.8 Å². The van der Waals surface area contributed by atoms with E-state index >= 15 is 0 Å². The van der Waals surface area contributed by atoms with E-state index in [1.807, 2.05) is 0 Å². The molecule has 0 bridgehead atoms. The highest BCUT2D eigenvalue weighted by Crippen LogP contribution is 2.31. The molecule has 1 saturated heterocycles. The van der Waals surface area contributed by atoms with Gasteiger partial charge in [-0.1, -0.05) is 11.8 Å². The highest BCUT2D eigenvalue weighted by molar-refractivity contribution is 7.99. The van der Waals surface area contributed by atoms with Gasteiger partial charge in [0.15, 0.2) is 5.16 Å². The number of hydrogen-bond acceptors (Lipinski definition) is 7.